The monoisotopic (exact) mass is 571 g/mol. The van der Waals surface area contributed by atoms with Gasteiger partial charge in [-0.2, -0.15) is 0 Å². The number of phosphoric acid groups is 1. The predicted octanol–water partition coefficient (Wildman–Crippen LogP) is 6.85. The summed E-state index contributed by atoms with van der Waals surface area (Å²) >= 11 is 0. The largest absolute Gasteiger partial charge is 0.530 e. The molecular weight excluding hydrogens is 545 g/mol. The van der Waals surface area contributed by atoms with E-state index in [1.54, 1.807) is 30.3 Å². The number of ether oxygens (including phenoxy) is 3. The molecule has 4 aromatic carbocycles. The molecule has 0 saturated heterocycles. The molecule has 0 atom stereocenters. The Labute approximate surface area is 235 Å². The molecule has 1 aliphatic rings. The zero-order chi connectivity index (χ0) is 28.2. The number of phosphoric ester groups is 1. The van der Waals surface area contributed by atoms with Crippen molar-refractivity contribution in [1.29, 1.82) is 0 Å². The fourth-order valence-corrected chi connectivity index (χ4v) is 5.53. The van der Waals surface area contributed by atoms with Crippen LogP contribution in [-0.2, 0) is 26.8 Å². The van der Waals surface area contributed by atoms with Gasteiger partial charge >= 0.3 is 7.82 Å². The number of nitrogens with one attached hydrogen (secondary N) is 1. The highest BCUT2D eigenvalue weighted by Crippen LogP contribution is 2.52. The van der Waals surface area contributed by atoms with Crippen LogP contribution in [0.15, 0.2) is 102 Å². The van der Waals surface area contributed by atoms with Crippen molar-refractivity contribution in [3.05, 3.63) is 118 Å². The molecule has 10 heteroatoms. The zero-order valence-corrected chi connectivity index (χ0v) is 23.0. The van der Waals surface area contributed by atoms with Crippen molar-refractivity contribution in [2.45, 2.75) is 13.2 Å². The molecule has 6 rings (SSSR count). The lowest BCUT2D eigenvalue weighted by Crippen LogP contribution is -2.05. The molecule has 1 aliphatic heterocycles. The highest BCUT2D eigenvalue weighted by molar-refractivity contribution is 7.48. The van der Waals surface area contributed by atoms with Crippen LogP contribution in [0.5, 0.6) is 23.0 Å². The molecule has 2 heterocycles. The number of hydrogen-bond donors (Lipinski definition) is 1. The van der Waals surface area contributed by atoms with E-state index in [2.05, 4.69) is 4.98 Å². The predicted molar refractivity (Wildman–Crippen MR) is 153 cm³/mol. The minimum absolute atomic E-state index is 0.0117. The lowest BCUT2D eigenvalue weighted by atomic mass is 10.1. The number of H-pyrrole nitrogens is 1. The Morgan fingerprint density at radius 3 is 2.02 bits per heavy atom. The molecule has 41 heavy (non-hydrogen) atoms. The van der Waals surface area contributed by atoms with Gasteiger partial charge in [0.05, 0.1) is 25.8 Å². The van der Waals surface area contributed by atoms with Crippen molar-refractivity contribution >= 4 is 18.7 Å². The Morgan fingerprint density at radius 2 is 1.39 bits per heavy atom. The third kappa shape index (κ3) is 6.12. The maximum Gasteiger partial charge on any atom is 0.530 e. The Hall–Kier alpha value is -4.56. The Kier molecular flexibility index (Phi) is 7.48. The number of pyridine rings is 1. The number of methoxy groups -OCH3 is 1. The van der Waals surface area contributed by atoms with Crippen LogP contribution in [0.3, 0.4) is 0 Å². The van der Waals surface area contributed by atoms with E-state index in [1.165, 1.54) is 13.2 Å². The summed E-state index contributed by atoms with van der Waals surface area (Å²) in [6, 6.07) is 28.4. The first kappa shape index (κ1) is 26.7. The normalized spacial score (nSPS) is 12.4. The van der Waals surface area contributed by atoms with Crippen LogP contribution in [-0.4, -0.2) is 18.9 Å². The molecule has 0 amide bonds. The van der Waals surface area contributed by atoms with Crippen molar-refractivity contribution in [1.82, 2.24) is 4.98 Å². The molecule has 0 unspecified atom stereocenters. The highest BCUT2D eigenvalue weighted by atomic mass is 31.2. The summed E-state index contributed by atoms with van der Waals surface area (Å²) in [5.41, 5.74) is 3.04. The van der Waals surface area contributed by atoms with E-state index >= 15 is 0 Å². The first-order chi connectivity index (χ1) is 20.0. The molecule has 9 nitrogen and oxygen atoms in total. The van der Waals surface area contributed by atoms with E-state index in [0.29, 0.717) is 39.4 Å². The van der Waals surface area contributed by atoms with Crippen LogP contribution in [0, 0.1) is 0 Å². The fraction of sp³-hybridized carbons (Fsp3) is 0.129. The quantitative estimate of drug-likeness (QED) is 0.182. The van der Waals surface area contributed by atoms with E-state index in [4.69, 9.17) is 27.8 Å². The Bertz CT molecular complexity index is 1740. The third-order valence-electron chi connectivity index (χ3n) is 6.43. The van der Waals surface area contributed by atoms with Gasteiger partial charge in [0.25, 0.3) is 0 Å². The van der Waals surface area contributed by atoms with Crippen LogP contribution < -0.4 is 24.2 Å². The Balaban J connectivity index is 1.33. The number of benzene rings is 4. The average molecular weight is 572 g/mol. The van der Waals surface area contributed by atoms with Crippen LogP contribution in [0.25, 0.3) is 22.2 Å². The molecule has 1 N–H and O–H groups in total. The van der Waals surface area contributed by atoms with E-state index in [1.807, 2.05) is 60.7 Å². The van der Waals surface area contributed by atoms with Gasteiger partial charge < -0.3 is 23.7 Å². The van der Waals surface area contributed by atoms with Gasteiger partial charge in [-0.3, -0.25) is 13.8 Å². The van der Waals surface area contributed by atoms with Crippen molar-refractivity contribution in [2.24, 2.45) is 0 Å². The molecule has 0 bridgehead atoms. The van der Waals surface area contributed by atoms with Gasteiger partial charge in [-0.25, -0.2) is 4.57 Å². The zero-order valence-electron chi connectivity index (χ0n) is 22.1. The van der Waals surface area contributed by atoms with E-state index in [-0.39, 0.29) is 31.2 Å². The van der Waals surface area contributed by atoms with Gasteiger partial charge in [0.15, 0.2) is 16.9 Å². The summed E-state index contributed by atoms with van der Waals surface area (Å²) in [7, 11) is -2.63. The summed E-state index contributed by atoms with van der Waals surface area (Å²) in [4.78, 5) is 16.3. The molecule has 0 spiro atoms. The topological polar surface area (TPSA) is 105 Å². The van der Waals surface area contributed by atoms with Gasteiger partial charge in [-0.1, -0.05) is 60.7 Å². The molecule has 0 fully saturated rings. The molecule has 0 radical (unpaired) electrons. The van der Waals surface area contributed by atoms with Gasteiger partial charge in [0, 0.05) is 34.8 Å². The first-order valence-corrected chi connectivity index (χ1v) is 14.3. The second-order valence-corrected chi connectivity index (χ2v) is 10.8. The van der Waals surface area contributed by atoms with Crippen LogP contribution in [0.2, 0.25) is 0 Å². The highest BCUT2D eigenvalue weighted by Gasteiger charge is 2.30. The van der Waals surface area contributed by atoms with E-state index in [9.17, 15) is 9.36 Å². The van der Waals surface area contributed by atoms with Gasteiger partial charge in [-0.05, 0) is 29.3 Å². The maximum atomic E-state index is 13.9. The van der Waals surface area contributed by atoms with Gasteiger partial charge in [0.1, 0.15) is 11.5 Å². The first-order valence-electron chi connectivity index (χ1n) is 12.8. The second-order valence-electron chi connectivity index (χ2n) is 9.25. The summed E-state index contributed by atoms with van der Waals surface area (Å²) in [6.07, 6.45) is 0. The number of hydrogen-bond acceptors (Lipinski definition) is 8. The van der Waals surface area contributed by atoms with Crippen LogP contribution >= 0.6 is 7.82 Å². The summed E-state index contributed by atoms with van der Waals surface area (Å²) in [6.45, 7) is 0.123. The minimum atomic E-state index is -4.13. The van der Waals surface area contributed by atoms with Crippen molar-refractivity contribution in [3.63, 3.8) is 0 Å². The van der Waals surface area contributed by atoms with Gasteiger partial charge in [-0.15, -0.1) is 0 Å². The molecule has 5 aromatic rings. The lowest BCUT2D eigenvalue weighted by Gasteiger charge is -2.20. The molecule has 1 aromatic heterocycles. The Morgan fingerprint density at radius 1 is 0.780 bits per heavy atom. The van der Waals surface area contributed by atoms with Crippen LogP contribution in [0.4, 0.5) is 0 Å². The number of aromatic amines is 1. The molecule has 0 aliphatic carbocycles. The molecule has 208 valence electrons. The summed E-state index contributed by atoms with van der Waals surface area (Å²) in [5.74, 6) is 1.67. The molecule has 0 saturated carbocycles. The third-order valence-corrected chi connectivity index (χ3v) is 7.76. The van der Waals surface area contributed by atoms with Crippen molar-refractivity contribution in [2.75, 3.05) is 13.9 Å². The van der Waals surface area contributed by atoms with Crippen molar-refractivity contribution < 1.29 is 32.3 Å². The standard InChI is InChI=1S/C31H26NO8P/c1-35-24-12-23(27-16-29(33)26-15-30-31(37-20-36-30)17-28(26)32-27)13-25(14-24)40-41(34,38-18-21-8-4-2-5-9-21)39-19-22-10-6-3-7-11-22/h2-17H,18-20H2,1H3,(H,32,33). The number of rotatable bonds is 10. The average Bonchev–Trinajstić information content (AvgIpc) is 3.46. The second kappa shape index (κ2) is 11.5. The maximum absolute atomic E-state index is 13.9. The smallest absolute Gasteiger partial charge is 0.497 e. The summed E-state index contributed by atoms with van der Waals surface area (Å²) in [5, 5.41) is 0.463. The van der Waals surface area contributed by atoms with Crippen LogP contribution in [0.1, 0.15) is 11.1 Å². The lowest BCUT2D eigenvalue weighted by molar-refractivity contribution is 0.143. The van der Waals surface area contributed by atoms with Gasteiger partial charge in [0.2, 0.25) is 6.79 Å². The SMILES string of the molecule is COc1cc(OP(=O)(OCc2ccccc2)OCc2ccccc2)cc(-c2cc(=O)c3cc4c(cc3[nH]2)OCO4)c1. The van der Waals surface area contributed by atoms with E-state index < -0.39 is 7.82 Å². The number of aromatic nitrogens is 1. The van der Waals surface area contributed by atoms with E-state index in [0.717, 1.165) is 11.1 Å². The fourth-order valence-electron chi connectivity index (χ4n) is 4.37. The summed E-state index contributed by atoms with van der Waals surface area (Å²) < 4.78 is 47.8. The van der Waals surface area contributed by atoms with Crippen molar-refractivity contribution in [3.8, 4) is 34.3 Å². The molecular formula is C31H26NO8P. The minimum Gasteiger partial charge on any atom is -0.497 e. The number of fused-ring (bicyclic) bond motifs is 2.